The average molecular weight is 337 g/mol. The molecule has 3 heterocycles. The summed E-state index contributed by atoms with van der Waals surface area (Å²) in [5, 5.41) is 7.70. The van der Waals surface area contributed by atoms with Crippen molar-refractivity contribution in [2.24, 2.45) is 0 Å². The molecule has 2 N–H and O–H groups in total. The quantitative estimate of drug-likeness (QED) is 0.910. The number of carbonyl (C=O) groups is 1. The number of nitrogens with zero attached hydrogens (tertiary/aromatic N) is 4. The highest BCUT2D eigenvalue weighted by Crippen LogP contribution is 2.36. The number of halogens is 3. The molecule has 9 heteroatoms. The Morgan fingerprint density at radius 3 is 2.71 bits per heavy atom. The number of carbonyl (C=O) groups excluding carboxylic acids is 1. The van der Waals surface area contributed by atoms with Crippen LogP contribution >= 0.6 is 0 Å². The van der Waals surface area contributed by atoms with Gasteiger partial charge in [0, 0.05) is 18.9 Å². The number of likely N-dealkylation sites (tertiary alicyclic amines) is 1. The molecule has 1 atom stereocenters. The molecule has 2 aromatic rings. The van der Waals surface area contributed by atoms with E-state index in [1.165, 1.54) is 11.1 Å². The second kappa shape index (κ2) is 6.06. The number of alkyl halides is 3. The standard InChI is InChI=1S/C15H14F3N5O/c16-15(17,18)10-8-20-6-5-9(10)14(24)23-7-1-2-12(23)11-3-4-13(19)22-21-11/h3-6,8,12H,1-2,7H2,(H2,19,22). The van der Waals surface area contributed by atoms with E-state index in [-0.39, 0.29) is 5.82 Å². The lowest BCUT2D eigenvalue weighted by Gasteiger charge is -2.25. The summed E-state index contributed by atoms with van der Waals surface area (Å²) >= 11 is 0. The molecule has 0 aromatic carbocycles. The fourth-order valence-electron chi connectivity index (χ4n) is 2.81. The zero-order valence-corrected chi connectivity index (χ0v) is 12.5. The van der Waals surface area contributed by atoms with E-state index >= 15 is 0 Å². The van der Waals surface area contributed by atoms with Gasteiger partial charge in [-0.2, -0.15) is 18.3 Å². The maximum Gasteiger partial charge on any atom is 0.418 e. The van der Waals surface area contributed by atoms with Gasteiger partial charge in [0.15, 0.2) is 0 Å². The lowest BCUT2D eigenvalue weighted by molar-refractivity contribution is -0.138. The van der Waals surface area contributed by atoms with Crippen molar-refractivity contribution in [3.05, 3.63) is 47.4 Å². The summed E-state index contributed by atoms with van der Waals surface area (Å²) in [5.41, 5.74) is 4.56. The third-order valence-corrected chi connectivity index (χ3v) is 3.92. The molecular formula is C15H14F3N5O. The van der Waals surface area contributed by atoms with Gasteiger partial charge in [-0.3, -0.25) is 9.78 Å². The highest BCUT2D eigenvalue weighted by atomic mass is 19.4. The first kappa shape index (κ1) is 16.2. The molecule has 1 unspecified atom stereocenters. The van der Waals surface area contributed by atoms with Gasteiger partial charge in [0.2, 0.25) is 0 Å². The van der Waals surface area contributed by atoms with E-state index < -0.39 is 29.3 Å². The van der Waals surface area contributed by atoms with Gasteiger partial charge in [-0.05, 0) is 31.0 Å². The second-order valence-electron chi connectivity index (χ2n) is 5.46. The van der Waals surface area contributed by atoms with E-state index in [1.54, 1.807) is 12.1 Å². The van der Waals surface area contributed by atoms with Crippen LogP contribution in [0.1, 0.15) is 40.5 Å². The molecule has 0 aliphatic carbocycles. The molecule has 0 bridgehead atoms. The van der Waals surface area contributed by atoms with E-state index in [4.69, 9.17) is 5.73 Å². The number of pyridine rings is 1. The predicted octanol–water partition coefficient (Wildman–Crippen LogP) is 2.45. The van der Waals surface area contributed by atoms with Crippen LogP contribution in [0.4, 0.5) is 19.0 Å². The Hall–Kier alpha value is -2.71. The summed E-state index contributed by atoms with van der Waals surface area (Å²) in [6.45, 7) is 0.356. The van der Waals surface area contributed by atoms with E-state index in [0.717, 1.165) is 6.07 Å². The molecule has 2 aromatic heterocycles. The summed E-state index contributed by atoms with van der Waals surface area (Å²) in [6.07, 6.45) is -1.51. The fourth-order valence-corrected chi connectivity index (χ4v) is 2.81. The van der Waals surface area contributed by atoms with Crippen molar-refractivity contribution in [3.63, 3.8) is 0 Å². The SMILES string of the molecule is Nc1ccc(C2CCCN2C(=O)c2ccncc2C(F)(F)F)nn1. The van der Waals surface area contributed by atoms with Gasteiger partial charge in [-0.1, -0.05) is 0 Å². The summed E-state index contributed by atoms with van der Waals surface area (Å²) in [5.74, 6) is -0.450. The van der Waals surface area contributed by atoms with E-state index in [0.29, 0.717) is 31.3 Å². The zero-order chi connectivity index (χ0) is 17.3. The van der Waals surface area contributed by atoms with Gasteiger partial charge < -0.3 is 10.6 Å². The third kappa shape index (κ3) is 3.01. The van der Waals surface area contributed by atoms with Crippen molar-refractivity contribution >= 4 is 11.7 Å². The fraction of sp³-hybridized carbons (Fsp3) is 0.333. The maximum absolute atomic E-state index is 13.1. The molecule has 24 heavy (non-hydrogen) atoms. The van der Waals surface area contributed by atoms with E-state index in [9.17, 15) is 18.0 Å². The number of hydrogen-bond donors (Lipinski definition) is 1. The lowest BCUT2D eigenvalue weighted by Crippen LogP contribution is -2.32. The molecule has 0 spiro atoms. The summed E-state index contributed by atoms with van der Waals surface area (Å²) < 4.78 is 39.3. The van der Waals surface area contributed by atoms with Gasteiger partial charge in [-0.15, -0.1) is 5.10 Å². The number of rotatable bonds is 2. The van der Waals surface area contributed by atoms with Crippen molar-refractivity contribution in [3.8, 4) is 0 Å². The highest BCUT2D eigenvalue weighted by Gasteiger charge is 2.39. The van der Waals surface area contributed by atoms with Crippen molar-refractivity contribution in [1.82, 2.24) is 20.1 Å². The zero-order valence-electron chi connectivity index (χ0n) is 12.5. The number of amides is 1. The van der Waals surface area contributed by atoms with Crippen LogP contribution in [0, 0.1) is 0 Å². The van der Waals surface area contributed by atoms with Gasteiger partial charge in [0.1, 0.15) is 5.82 Å². The predicted molar refractivity (Wildman–Crippen MR) is 78.7 cm³/mol. The van der Waals surface area contributed by atoms with Crippen molar-refractivity contribution in [1.29, 1.82) is 0 Å². The van der Waals surface area contributed by atoms with Crippen LogP contribution in [-0.4, -0.2) is 32.5 Å². The topological polar surface area (TPSA) is 85.0 Å². The highest BCUT2D eigenvalue weighted by molar-refractivity contribution is 5.96. The van der Waals surface area contributed by atoms with E-state index in [1.807, 2.05) is 0 Å². The summed E-state index contributed by atoms with van der Waals surface area (Å²) in [7, 11) is 0. The van der Waals surface area contributed by atoms with Crippen LogP contribution in [0.5, 0.6) is 0 Å². The number of nitrogens with two attached hydrogens (primary N) is 1. The van der Waals surface area contributed by atoms with Crippen LogP contribution in [0.15, 0.2) is 30.6 Å². The number of aromatic nitrogens is 3. The average Bonchev–Trinajstić information content (AvgIpc) is 3.03. The molecule has 6 nitrogen and oxygen atoms in total. The molecule has 0 radical (unpaired) electrons. The van der Waals surface area contributed by atoms with Gasteiger partial charge >= 0.3 is 6.18 Å². The first-order chi connectivity index (χ1) is 11.4. The smallest absolute Gasteiger partial charge is 0.382 e. The van der Waals surface area contributed by atoms with Crippen LogP contribution in [-0.2, 0) is 6.18 Å². The minimum absolute atomic E-state index is 0.239. The summed E-state index contributed by atoms with van der Waals surface area (Å²) in [6, 6.07) is 3.86. The third-order valence-electron chi connectivity index (χ3n) is 3.92. The largest absolute Gasteiger partial charge is 0.418 e. The number of anilines is 1. The molecule has 1 fully saturated rings. The normalized spacial score (nSPS) is 18.0. The molecule has 1 amide bonds. The van der Waals surface area contributed by atoms with Crippen molar-refractivity contribution < 1.29 is 18.0 Å². The van der Waals surface area contributed by atoms with Gasteiger partial charge in [-0.25, -0.2) is 0 Å². The Labute approximate surface area is 135 Å². The van der Waals surface area contributed by atoms with Crippen LogP contribution in [0.25, 0.3) is 0 Å². The van der Waals surface area contributed by atoms with Crippen molar-refractivity contribution in [2.75, 3.05) is 12.3 Å². The number of nitrogen functional groups attached to an aromatic ring is 1. The van der Waals surface area contributed by atoms with Gasteiger partial charge in [0.05, 0.1) is 22.9 Å². The van der Waals surface area contributed by atoms with E-state index in [2.05, 4.69) is 15.2 Å². The maximum atomic E-state index is 13.1. The van der Waals surface area contributed by atoms with Gasteiger partial charge in [0.25, 0.3) is 5.91 Å². The van der Waals surface area contributed by atoms with Crippen LogP contribution < -0.4 is 5.73 Å². The minimum atomic E-state index is -4.64. The minimum Gasteiger partial charge on any atom is -0.382 e. The Balaban J connectivity index is 1.94. The Morgan fingerprint density at radius 2 is 2.04 bits per heavy atom. The Morgan fingerprint density at radius 1 is 1.25 bits per heavy atom. The monoisotopic (exact) mass is 337 g/mol. The van der Waals surface area contributed by atoms with Crippen LogP contribution in [0.2, 0.25) is 0 Å². The second-order valence-corrected chi connectivity index (χ2v) is 5.46. The molecule has 1 aliphatic rings. The Kier molecular flexibility index (Phi) is 4.08. The molecule has 3 rings (SSSR count). The molecule has 0 saturated carbocycles. The first-order valence-corrected chi connectivity index (χ1v) is 7.29. The lowest BCUT2D eigenvalue weighted by atomic mass is 10.1. The Bertz CT molecular complexity index is 748. The number of hydrogen-bond acceptors (Lipinski definition) is 5. The summed E-state index contributed by atoms with van der Waals surface area (Å²) in [4.78, 5) is 17.6. The van der Waals surface area contributed by atoms with Crippen LogP contribution in [0.3, 0.4) is 0 Å². The molecular weight excluding hydrogens is 323 g/mol. The molecule has 1 saturated heterocycles. The molecule has 1 aliphatic heterocycles. The first-order valence-electron chi connectivity index (χ1n) is 7.29. The molecule has 126 valence electrons. The van der Waals surface area contributed by atoms with Crippen molar-refractivity contribution in [2.45, 2.75) is 25.1 Å².